The minimum Gasteiger partial charge on any atom is -0.341 e. The van der Waals surface area contributed by atoms with E-state index in [-0.39, 0.29) is 10.2 Å². The molecule has 80 valence electrons. The summed E-state index contributed by atoms with van der Waals surface area (Å²) in [4.78, 5) is 14.0. The van der Waals surface area contributed by atoms with Gasteiger partial charge < -0.3 is 4.90 Å². The van der Waals surface area contributed by atoms with Crippen LogP contribution in [0.25, 0.3) is 0 Å². The molecule has 0 aromatic rings. The summed E-state index contributed by atoms with van der Waals surface area (Å²) >= 11 is 3.44. The number of amides is 1. The Morgan fingerprint density at radius 1 is 1.29 bits per heavy atom. The van der Waals surface area contributed by atoms with Gasteiger partial charge in [0.05, 0.1) is 4.32 Å². The second-order valence-corrected chi connectivity index (χ2v) is 7.12. The monoisotopic (exact) mass is 259 g/mol. The van der Waals surface area contributed by atoms with Gasteiger partial charge in [0.2, 0.25) is 5.91 Å². The van der Waals surface area contributed by atoms with E-state index < -0.39 is 0 Å². The maximum Gasteiger partial charge on any atom is 0.238 e. The Hall–Kier alpha value is -0.0500. The highest BCUT2D eigenvalue weighted by Crippen LogP contribution is 2.38. The topological polar surface area (TPSA) is 20.3 Å². The van der Waals surface area contributed by atoms with Crippen molar-refractivity contribution in [2.75, 3.05) is 13.1 Å². The minimum atomic E-state index is -0.383. The Labute approximate surface area is 94.2 Å². The van der Waals surface area contributed by atoms with Crippen LogP contribution in [-0.4, -0.2) is 28.2 Å². The van der Waals surface area contributed by atoms with E-state index in [9.17, 15) is 4.79 Å². The summed E-state index contributed by atoms with van der Waals surface area (Å²) < 4.78 is -0.383. The highest BCUT2D eigenvalue weighted by Gasteiger charge is 2.41. The third kappa shape index (κ3) is 1.83. The number of nitrogens with zero attached hydrogens (tertiary/aromatic N) is 1. The van der Waals surface area contributed by atoms with Gasteiger partial charge in [-0.15, -0.1) is 0 Å². The van der Waals surface area contributed by atoms with E-state index in [1.165, 1.54) is 19.3 Å². The second-order valence-electron chi connectivity index (χ2n) is 5.13. The van der Waals surface area contributed by atoms with Crippen LogP contribution in [0.2, 0.25) is 0 Å². The molecule has 0 aromatic heterocycles. The fourth-order valence-corrected chi connectivity index (χ4v) is 3.03. The van der Waals surface area contributed by atoms with Crippen molar-refractivity contribution >= 4 is 21.8 Å². The largest absolute Gasteiger partial charge is 0.341 e. The zero-order chi connectivity index (χ0) is 10.3. The fourth-order valence-electron chi connectivity index (χ4n) is 2.78. The van der Waals surface area contributed by atoms with Crippen molar-refractivity contribution in [3.63, 3.8) is 0 Å². The van der Waals surface area contributed by atoms with Crippen molar-refractivity contribution in [3.8, 4) is 0 Å². The first-order valence-corrected chi connectivity index (χ1v) is 6.26. The zero-order valence-corrected chi connectivity index (χ0v) is 10.5. The molecular formula is C11H18BrNO. The van der Waals surface area contributed by atoms with Crippen molar-refractivity contribution in [1.82, 2.24) is 4.90 Å². The molecule has 0 N–H and O–H groups in total. The lowest BCUT2D eigenvalue weighted by Gasteiger charge is -2.24. The van der Waals surface area contributed by atoms with Gasteiger partial charge in [-0.1, -0.05) is 22.4 Å². The van der Waals surface area contributed by atoms with Crippen LogP contribution in [0.3, 0.4) is 0 Å². The smallest absolute Gasteiger partial charge is 0.238 e. The molecule has 0 radical (unpaired) electrons. The number of likely N-dealkylation sites (tertiary alicyclic amines) is 1. The van der Waals surface area contributed by atoms with Crippen LogP contribution >= 0.6 is 15.9 Å². The predicted octanol–water partition coefficient (Wildman–Crippen LogP) is 2.42. The van der Waals surface area contributed by atoms with Crippen molar-refractivity contribution < 1.29 is 4.79 Å². The first kappa shape index (κ1) is 10.5. The molecule has 0 aromatic carbocycles. The molecule has 1 saturated heterocycles. The van der Waals surface area contributed by atoms with Crippen LogP contribution in [-0.2, 0) is 4.79 Å². The average molecular weight is 260 g/mol. The quantitative estimate of drug-likeness (QED) is 0.663. The number of alkyl halides is 1. The molecule has 2 unspecified atom stereocenters. The van der Waals surface area contributed by atoms with Crippen LogP contribution in [0.5, 0.6) is 0 Å². The molecule has 2 atom stereocenters. The summed E-state index contributed by atoms with van der Waals surface area (Å²) in [6.45, 7) is 5.87. The Morgan fingerprint density at radius 2 is 1.79 bits per heavy atom. The van der Waals surface area contributed by atoms with Crippen LogP contribution in [0.15, 0.2) is 0 Å². The summed E-state index contributed by atoms with van der Waals surface area (Å²) in [5, 5.41) is 0. The lowest BCUT2D eigenvalue weighted by molar-refractivity contribution is -0.132. The molecule has 14 heavy (non-hydrogen) atoms. The third-order valence-electron chi connectivity index (χ3n) is 3.52. The molecule has 0 bridgehead atoms. The summed E-state index contributed by atoms with van der Waals surface area (Å²) in [6.07, 6.45) is 4.03. The van der Waals surface area contributed by atoms with Gasteiger partial charge in [-0.3, -0.25) is 4.79 Å². The van der Waals surface area contributed by atoms with E-state index in [0.717, 1.165) is 24.9 Å². The van der Waals surface area contributed by atoms with Crippen LogP contribution in [0, 0.1) is 11.8 Å². The third-order valence-corrected chi connectivity index (χ3v) is 3.86. The molecule has 1 saturated carbocycles. The van der Waals surface area contributed by atoms with Gasteiger partial charge in [0.25, 0.3) is 0 Å². The average Bonchev–Trinajstić information content (AvgIpc) is 2.58. The van der Waals surface area contributed by atoms with E-state index in [1.54, 1.807) is 0 Å². The predicted molar refractivity (Wildman–Crippen MR) is 60.4 cm³/mol. The molecule has 2 fully saturated rings. The van der Waals surface area contributed by atoms with Crippen LogP contribution in [0.1, 0.15) is 33.1 Å². The first-order valence-electron chi connectivity index (χ1n) is 5.47. The summed E-state index contributed by atoms with van der Waals surface area (Å²) in [5.41, 5.74) is 0. The van der Waals surface area contributed by atoms with Gasteiger partial charge in [0.1, 0.15) is 0 Å². The van der Waals surface area contributed by atoms with Gasteiger partial charge in [-0.2, -0.15) is 0 Å². The number of hydrogen-bond acceptors (Lipinski definition) is 1. The minimum absolute atomic E-state index is 0.256. The van der Waals surface area contributed by atoms with E-state index in [0.29, 0.717) is 0 Å². The molecular weight excluding hydrogens is 242 g/mol. The Bertz CT molecular complexity index is 234. The van der Waals surface area contributed by atoms with E-state index in [4.69, 9.17) is 0 Å². The van der Waals surface area contributed by atoms with Gasteiger partial charge >= 0.3 is 0 Å². The zero-order valence-electron chi connectivity index (χ0n) is 8.92. The first-order chi connectivity index (χ1) is 6.48. The molecule has 2 aliphatic rings. The number of halogens is 1. The number of rotatable bonds is 1. The lowest BCUT2D eigenvalue weighted by Crippen LogP contribution is -2.40. The Balaban J connectivity index is 1.99. The lowest BCUT2D eigenvalue weighted by atomic mass is 10.0. The van der Waals surface area contributed by atoms with E-state index >= 15 is 0 Å². The molecule has 1 heterocycles. The van der Waals surface area contributed by atoms with Gasteiger partial charge in [0.15, 0.2) is 0 Å². The highest BCUT2D eigenvalue weighted by molar-refractivity contribution is 9.10. The Morgan fingerprint density at radius 3 is 2.21 bits per heavy atom. The highest BCUT2D eigenvalue weighted by atomic mass is 79.9. The summed E-state index contributed by atoms with van der Waals surface area (Å²) in [7, 11) is 0. The van der Waals surface area contributed by atoms with E-state index in [1.807, 2.05) is 18.7 Å². The molecule has 1 aliphatic carbocycles. The Kier molecular flexibility index (Phi) is 2.63. The standard InChI is InChI=1S/C11H18BrNO/c1-11(2,12)10(14)13-6-8-4-3-5-9(8)7-13/h8-9H,3-7H2,1-2H3. The molecule has 1 amide bonds. The summed E-state index contributed by atoms with van der Waals surface area (Å²) in [6, 6.07) is 0. The van der Waals surface area contributed by atoms with Crippen LogP contribution < -0.4 is 0 Å². The van der Waals surface area contributed by atoms with Crippen molar-refractivity contribution in [1.29, 1.82) is 0 Å². The maximum atomic E-state index is 12.0. The van der Waals surface area contributed by atoms with Gasteiger partial charge in [0, 0.05) is 13.1 Å². The number of carbonyl (C=O) groups is 1. The van der Waals surface area contributed by atoms with Crippen molar-refractivity contribution in [2.45, 2.75) is 37.4 Å². The number of hydrogen-bond donors (Lipinski definition) is 0. The van der Waals surface area contributed by atoms with Crippen LogP contribution in [0.4, 0.5) is 0 Å². The molecule has 0 spiro atoms. The number of fused-ring (bicyclic) bond motifs is 1. The maximum absolute atomic E-state index is 12.0. The van der Waals surface area contributed by atoms with E-state index in [2.05, 4.69) is 15.9 Å². The van der Waals surface area contributed by atoms with Crippen molar-refractivity contribution in [2.24, 2.45) is 11.8 Å². The van der Waals surface area contributed by atoms with Gasteiger partial charge in [-0.25, -0.2) is 0 Å². The number of carbonyl (C=O) groups excluding carboxylic acids is 1. The SMILES string of the molecule is CC(C)(Br)C(=O)N1CC2CCCC2C1. The fraction of sp³-hybridized carbons (Fsp3) is 0.909. The summed E-state index contributed by atoms with van der Waals surface area (Å²) in [5.74, 6) is 1.86. The molecule has 2 nitrogen and oxygen atoms in total. The molecule has 1 aliphatic heterocycles. The van der Waals surface area contributed by atoms with Crippen molar-refractivity contribution in [3.05, 3.63) is 0 Å². The second kappa shape index (κ2) is 3.51. The molecule has 3 heteroatoms. The normalized spacial score (nSPS) is 32.1. The van der Waals surface area contributed by atoms with Gasteiger partial charge in [-0.05, 0) is 38.5 Å². The molecule has 2 rings (SSSR count).